The van der Waals surface area contributed by atoms with Gasteiger partial charge in [-0.2, -0.15) is 15.3 Å². The summed E-state index contributed by atoms with van der Waals surface area (Å²) < 4.78 is 127. The number of aryl methyl sites for hydroxylation is 3. The first-order valence-electron chi connectivity index (χ1n) is 46.1. The van der Waals surface area contributed by atoms with Gasteiger partial charge in [0.2, 0.25) is 0 Å². The normalized spacial score (nSPS) is 22.7. The Hall–Kier alpha value is -12.7. The highest BCUT2D eigenvalue weighted by Crippen LogP contribution is 2.49. The van der Waals surface area contributed by atoms with Crippen molar-refractivity contribution in [3.63, 3.8) is 0 Å². The smallest absolute Gasteiger partial charge is 0.332 e. The van der Waals surface area contributed by atoms with Crippen molar-refractivity contribution in [3.8, 4) is 50.8 Å². The van der Waals surface area contributed by atoms with E-state index < -0.39 is 153 Å². The lowest BCUT2D eigenvalue weighted by atomic mass is 9.90. The molecule has 17 aromatic rings. The van der Waals surface area contributed by atoms with E-state index in [9.17, 15) is 42.9 Å². The molecular formula is C98H90BrCl3F3N21O18S3. The van der Waals surface area contributed by atoms with Crippen molar-refractivity contribution in [1.82, 2.24) is 104 Å². The van der Waals surface area contributed by atoms with Gasteiger partial charge in [-0.25, -0.2) is 80.8 Å². The third-order valence-electron chi connectivity index (χ3n) is 24.3. The minimum atomic E-state index is -1.37. The molecule has 17 atom stereocenters. The summed E-state index contributed by atoms with van der Waals surface area (Å²) in [6, 6.07) is 46.8. The van der Waals surface area contributed by atoms with Crippen molar-refractivity contribution in [2.75, 3.05) is 58.2 Å². The summed E-state index contributed by atoms with van der Waals surface area (Å²) in [5.41, 5.74) is 8.83. The van der Waals surface area contributed by atoms with E-state index in [4.69, 9.17) is 86.9 Å². The van der Waals surface area contributed by atoms with Gasteiger partial charge in [-0.05, 0) is 133 Å². The van der Waals surface area contributed by atoms with Crippen molar-refractivity contribution in [3.05, 3.63) is 284 Å². The second-order valence-electron chi connectivity index (χ2n) is 33.8. The minimum absolute atomic E-state index is 0.00738. The molecule has 0 radical (unpaired) electrons. The predicted molar refractivity (Wildman–Crippen MR) is 531 cm³/mol. The molecular weight excluding hydrogens is 2100 g/mol. The van der Waals surface area contributed by atoms with Gasteiger partial charge in [-0.15, -0.1) is 49.3 Å². The van der Waals surface area contributed by atoms with E-state index >= 15 is 0 Å². The van der Waals surface area contributed by atoms with Gasteiger partial charge in [-0.3, -0.25) is 4.79 Å². The van der Waals surface area contributed by atoms with Gasteiger partial charge in [0.1, 0.15) is 163 Å². The van der Waals surface area contributed by atoms with Gasteiger partial charge in [0.05, 0.1) is 136 Å². The highest BCUT2D eigenvalue weighted by molar-refractivity contribution is 9.09. The lowest BCUT2D eigenvalue weighted by molar-refractivity contribution is -0.322. The zero-order chi connectivity index (χ0) is 102. The van der Waals surface area contributed by atoms with Crippen LogP contribution in [0.4, 0.5) is 13.2 Å². The molecule has 3 N–H and O–H groups in total. The number of alkyl halides is 1. The van der Waals surface area contributed by atoms with Crippen LogP contribution in [0, 0.1) is 38.2 Å². The first-order valence-corrected chi connectivity index (χ1v) is 50.8. The number of ether oxygens (including phenoxy) is 12. The van der Waals surface area contributed by atoms with Crippen LogP contribution in [0.1, 0.15) is 113 Å². The van der Waals surface area contributed by atoms with E-state index in [2.05, 4.69) is 96.8 Å². The molecule has 0 saturated carbocycles. The SMILES string of the molecule is CCOC(=O)CBr.CCOC(=O)CO[C@@H]1[C@@H](n2cc(-c3ccc(Cl)c(F)c3)nn2)[C@@H](O)[C@@H](CO)O[C@H]1c1ncnn1-c1ccc2nc(C)sc2c1.CCOC(=O)CO[C@@H]1[C@@H](n2cc(-c3ccc(Cl)c(F)c3)nn2)[C@H]2OC(c3ccccc3)OC[C@H]2O[C@H]1c1ncnn1-c1ccc2nc(C)sc2c1.Cc1nc2ccc(-n3ncnc3[C@@H]3O[C@@H]4COC(c5ccccc5)O[C@@H]4[C@H](n4cc(-c5ccc(Cl)c(F)c5)nn4)[C@H]3O)cc2s1. The number of thiazole rings is 3. The number of esters is 3. The molecule has 0 aliphatic carbocycles. The Morgan fingerprint density at radius 2 is 0.816 bits per heavy atom. The molecule has 5 aliphatic heterocycles. The van der Waals surface area contributed by atoms with Gasteiger partial charge in [-0.1, -0.05) is 145 Å². The molecule has 8 aromatic carbocycles. The predicted octanol–water partition coefficient (Wildman–Crippen LogP) is 15.5. The third-order valence-corrected chi connectivity index (χ3v) is 28.5. The van der Waals surface area contributed by atoms with Crippen molar-refractivity contribution in [2.45, 2.75) is 145 Å². The number of aromatic nitrogens is 21. The standard InChI is InChI=1S/C35H31ClFN7O6S.C31H25ClFN7O4S.C28H27ClFN7O6S.C4H7BrO2/c1-3-46-29(45)17-47-32-30(43-15-26(41-42-43)21-9-11-23(36)24(37)13-21)31-27(16-48-35(50-31)20-7-5-4-6-8-20)49-33(32)34-38-18-39-44(34)22-10-12-25-28(14-22)51-19(2)40-25;1-16-36-22-10-8-19(12-25(22)45-16)40-30(34-15-35-40)29-27(41)26(39-13-23(37-38-39)18-7-9-20(32)21(33)11-18)28-24(43-29)14-42-31(44-28)17-5-3-2-4-6-17;1-3-41-23(39)12-42-26-24(36-10-20(34-35-36)15-4-6-17(29)18(30)8-15)25(40)21(11-38)43-27(26)28-31-13-32-37(28)16-5-7-19-22(9-16)44-14(2)33-19;1-2-7-4(6)3-5/h4-15,18,27,30-33,35H,3,16-17H2,1-2H3;2-13,15,24,26-29,31,41H,14H2,1H3;4-10,13,21,24-27,38,40H,3,11-12H2,1-2H3;2-3H2,1H3/t27-,30+,31+,32-,33-,35?;24-,26-,27-,28+,29-,31?;21-,24+,25+,26-,27-;/m111./s1. The largest absolute Gasteiger partial charge is 0.465 e. The quantitative estimate of drug-likeness (QED) is 0.0272. The Labute approximate surface area is 869 Å². The number of rotatable bonds is 25. The average Bonchev–Trinajstić information content (AvgIpc) is 1.71. The monoisotopic (exact) mass is 2190 g/mol. The fourth-order valence-electron chi connectivity index (χ4n) is 17.8. The maximum Gasteiger partial charge on any atom is 0.332 e. The summed E-state index contributed by atoms with van der Waals surface area (Å²) in [7, 11) is 0. The Kier molecular flexibility index (Phi) is 32.2. The fourth-order valence-corrected chi connectivity index (χ4v) is 20.8. The number of carbonyl (C=O) groups excluding carboxylic acids is 3. The van der Waals surface area contributed by atoms with Crippen LogP contribution in [0.15, 0.2) is 207 Å². The number of fused-ring (bicyclic) bond motifs is 5. The van der Waals surface area contributed by atoms with E-state index in [1.165, 1.54) is 77.6 Å². The van der Waals surface area contributed by atoms with Crippen LogP contribution < -0.4 is 0 Å². The van der Waals surface area contributed by atoms with Gasteiger partial charge >= 0.3 is 17.9 Å². The number of carbonyl (C=O) groups is 3. The summed E-state index contributed by atoms with van der Waals surface area (Å²) in [6.45, 7) is 10.7. The molecule has 0 bridgehead atoms. The van der Waals surface area contributed by atoms with Crippen LogP contribution in [-0.2, 0) is 71.2 Å². The van der Waals surface area contributed by atoms with Gasteiger partial charge < -0.3 is 72.2 Å². The van der Waals surface area contributed by atoms with E-state index in [1.807, 2.05) is 136 Å². The summed E-state index contributed by atoms with van der Waals surface area (Å²) in [6.07, 6.45) is -3.63. The minimum Gasteiger partial charge on any atom is -0.465 e. The second kappa shape index (κ2) is 46.0. The number of halogens is 7. The van der Waals surface area contributed by atoms with E-state index in [1.54, 1.807) is 97.4 Å². The first-order chi connectivity index (χ1) is 71.4. The highest BCUT2D eigenvalue weighted by atomic mass is 79.9. The summed E-state index contributed by atoms with van der Waals surface area (Å²) in [4.78, 5) is 62.5. The van der Waals surface area contributed by atoms with Crippen LogP contribution in [0.5, 0.6) is 0 Å². The zero-order valence-electron chi connectivity index (χ0n) is 78.5. The molecule has 39 nitrogen and oxygen atoms in total. The average molecular weight is 2190 g/mol. The van der Waals surface area contributed by atoms with E-state index in [0.717, 1.165) is 68.2 Å². The van der Waals surface area contributed by atoms with Crippen LogP contribution in [0.3, 0.4) is 0 Å². The number of hydrogen-bond acceptors (Lipinski definition) is 36. The molecule has 0 amide bonds. The van der Waals surface area contributed by atoms with Crippen molar-refractivity contribution in [2.24, 2.45) is 0 Å². The number of aliphatic hydroxyl groups is 3. The lowest BCUT2D eigenvalue weighted by Crippen LogP contribution is -2.58. The van der Waals surface area contributed by atoms with Crippen molar-refractivity contribution < 1.29 is 99.7 Å². The third kappa shape index (κ3) is 22.6. The summed E-state index contributed by atoms with van der Waals surface area (Å²) in [5.74, 6) is -2.09. The molecule has 0 spiro atoms. The topological polar surface area (TPSA) is 446 Å². The Morgan fingerprint density at radius 3 is 1.20 bits per heavy atom. The second-order valence-corrected chi connectivity index (χ2v) is 39.2. The van der Waals surface area contributed by atoms with Crippen molar-refractivity contribution in [1.29, 1.82) is 0 Å². The first kappa shape index (κ1) is 103. The van der Waals surface area contributed by atoms with Crippen LogP contribution in [-0.4, -0.2) is 251 Å². The Morgan fingerprint density at radius 1 is 0.449 bits per heavy atom. The maximum atomic E-state index is 14.5. The van der Waals surface area contributed by atoms with Crippen LogP contribution in [0.2, 0.25) is 15.1 Å². The molecule has 2 unspecified atom stereocenters. The number of nitrogens with zero attached hydrogens (tertiary/aromatic N) is 21. The van der Waals surface area contributed by atoms with Gasteiger partial charge in [0.25, 0.3) is 0 Å². The van der Waals surface area contributed by atoms with Crippen LogP contribution in [0.25, 0.3) is 81.5 Å². The lowest BCUT2D eigenvalue weighted by Gasteiger charge is -2.48. The van der Waals surface area contributed by atoms with Crippen LogP contribution >= 0.6 is 84.7 Å². The Balaban J connectivity index is 0.000000135. The van der Waals surface area contributed by atoms with Crippen molar-refractivity contribution >= 4 is 133 Å². The number of benzene rings is 8. The summed E-state index contributed by atoms with van der Waals surface area (Å²) in [5, 5.41) is 76.1. The van der Waals surface area contributed by atoms with Gasteiger partial charge in [0, 0.05) is 27.8 Å². The van der Waals surface area contributed by atoms with E-state index in [-0.39, 0.29) is 59.0 Å². The fraction of sp³-hybridized carbons (Fsp3) is 0.327. The zero-order valence-corrected chi connectivity index (χ0v) is 84.8. The molecule has 5 saturated heterocycles. The number of hydrogen-bond donors (Lipinski definition) is 3. The molecule has 22 rings (SSSR count). The van der Waals surface area contributed by atoms with E-state index in [0.29, 0.717) is 57.4 Å². The summed E-state index contributed by atoms with van der Waals surface area (Å²) >= 11 is 25.3. The molecule has 762 valence electrons. The molecule has 49 heteroatoms. The maximum absolute atomic E-state index is 14.5. The highest BCUT2D eigenvalue weighted by Gasteiger charge is 2.56. The van der Waals surface area contributed by atoms with Gasteiger partial charge in [0.15, 0.2) is 30.1 Å². The molecule has 9 aromatic heterocycles. The molecule has 5 aliphatic rings. The number of aliphatic hydroxyl groups excluding tert-OH is 3. The molecule has 14 heterocycles. The molecule has 5 fully saturated rings. The molecule has 147 heavy (non-hydrogen) atoms. The Bertz CT molecular complexity index is 7520.